The number of rotatable bonds is 3. The maximum absolute atomic E-state index is 10.7. The molecule has 5 rings (SSSR count). The number of aryl methyl sites for hydroxylation is 1. The van der Waals surface area contributed by atoms with Crippen molar-refractivity contribution in [1.29, 1.82) is 0 Å². The van der Waals surface area contributed by atoms with Gasteiger partial charge in [0.25, 0.3) is 0 Å². The smallest absolute Gasteiger partial charge is 0.508 e. The molecule has 0 saturated heterocycles. The van der Waals surface area contributed by atoms with Crippen LogP contribution in [0.25, 0.3) is 32.7 Å². The molecule has 8 heteroatoms. The van der Waals surface area contributed by atoms with Crippen molar-refractivity contribution in [2.45, 2.75) is 25.8 Å². The summed E-state index contributed by atoms with van der Waals surface area (Å²) in [4.78, 5) is 0. The lowest BCUT2D eigenvalue weighted by Gasteiger charge is -2.18. The Morgan fingerprint density at radius 1 is 0.763 bits per heavy atom. The highest BCUT2D eigenvalue weighted by Crippen LogP contribution is 2.36. The summed E-state index contributed by atoms with van der Waals surface area (Å²) in [5.41, 5.74) is 2.17. The van der Waals surface area contributed by atoms with Crippen LogP contribution in [-0.2, 0) is 16.5 Å². The zero-order valence-corrected chi connectivity index (χ0v) is 21.4. The fraction of sp³-hybridized carbons (Fsp3) is 0.133. The second-order valence-electron chi connectivity index (χ2n) is 9.02. The van der Waals surface area contributed by atoms with E-state index in [1.165, 1.54) is 49.4 Å². The lowest BCUT2D eigenvalue weighted by atomic mass is 9.86. The third kappa shape index (κ3) is 5.82. The summed E-state index contributed by atoms with van der Waals surface area (Å²) in [5.74, 6) is 0.295. The Morgan fingerprint density at radius 2 is 1.32 bits per heavy atom. The van der Waals surface area contributed by atoms with E-state index in [4.69, 9.17) is 13.0 Å². The van der Waals surface area contributed by atoms with Crippen LogP contribution >= 0.6 is 0 Å². The second kappa shape index (κ2) is 10.5. The van der Waals surface area contributed by atoms with Crippen molar-refractivity contribution in [3.8, 4) is 16.9 Å². The standard InChI is InChI=1S/C29H24O.CHF3O3S/c1-19-7-3-4-8-22(19)16-28-20(2)27(21-11-13-26(30)14-12-21)18-25-15-23-9-5-6-10-24(23)17-29(25)28;2-1(3,4)8(5,6)7/h3-15,17-18,30H,16H2,1-2H3;(H,5,6,7). The van der Waals surface area contributed by atoms with E-state index in [9.17, 15) is 18.3 Å². The molecule has 0 aliphatic heterocycles. The van der Waals surface area contributed by atoms with E-state index in [-0.39, 0.29) is 0 Å². The predicted molar refractivity (Wildman–Crippen MR) is 145 cm³/mol. The highest BCUT2D eigenvalue weighted by atomic mass is 32.2. The fourth-order valence-electron chi connectivity index (χ4n) is 4.43. The molecule has 0 aliphatic carbocycles. The highest BCUT2D eigenvalue weighted by molar-refractivity contribution is 7.86. The van der Waals surface area contributed by atoms with E-state index in [0.29, 0.717) is 5.75 Å². The Kier molecular flexibility index (Phi) is 7.49. The third-order valence-electron chi connectivity index (χ3n) is 6.50. The van der Waals surface area contributed by atoms with Crippen LogP contribution in [0, 0.1) is 13.8 Å². The molecule has 2 N–H and O–H groups in total. The van der Waals surface area contributed by atoms with Crippen molar-refractivity contribution in [3.05, 3.63) is 113 Å². The van der Waals surface area contributed by atoms with Crippen LogP contribution in [0.2, 0.25) is 0 Å². The number of phenols is 1. The molecule has 0 atom stereocenters. The molecule has 38 heavy (non-hydrogen) atoms. The Labute approximate surface area is 218 Å². The number of hydrogen-bond acceptors (Lipinski definition) is 3. The lowest BCUT2D eigenvalue weighted by Crippen LogP contribution is -2.21. The highest BCUT2D eigenvalue weighted by Gasteiger charge is 2.44. The average molecular weight is 539 g/mol. The molecule has 0 aromatic heterocycles. The molecule has 0 aliphatic rings. The number of fused-ring (bicyclic) bond motifs is 2. The van der Waals surface area contributed by atoms with Gasteiger partial charge in [-0.15, -0.1) is 0 Å². The number of benzene rings is 5. The van der Waals surface area contributed by atoms with Crippen LogP contribution in [0.5, 0.6) is 5.75 Å². The molecule has 0 saturated carbocycles. The SMILES string of the molecule is Cc1ccccc1Cc1c(C)c(-c2ccc(O)cc2)cc2cc3ccccc3cc12.O=S(=O)(O)C(F)(F)F. The van der Waals surface area contributed by atoms with E-state index in [1.807, 2.05) is 12.1 Å². The summed E-state index contributed by atoms with van der Waals surface area (Å²) in [6.07, 6.45) is 0.902. The van der Waals surface area contributed by atoms with E-state index in [1.54, 1.807) is 12.1 Å². The van der Waals surface area contributed by atoms with Gasteiger partial charge in [-0.25, -0.2) is 0 Å². The Hall–Kier alpha value is -3.88. The molecule has 0 radical (unpaired) electrons. The molecule has 0 heterocycles. The first-order valence-corrected chi connectivity index (χ1v) is 13.1. The maximum atomic E-state index is 10.7. The van der Waals surface area contributed by atoms with Gasteiger partial charge in [-0.3, -0.25) is 4.55 Å². The first-order chi connectivity index (χ1) is 17.8. The number of hydrogen-bond donors (Lipinski definition) is 2. The summed E-state index contributed by atoms with van der Waals surface area (Å²) in [7, 11) is -5.84. The first-order valence-electron chi connectivity index (χ1n) is 11.7. The van der Waals surface area contributed by atoms with Crippen LogP contribution in [0.1, 0.15) is 22.3 Å². The lowest BCUT2D eigenvalue weighted by molar-refractivity contribution is -0.0510. The minimum Gasteiger partial charge on any atom is -0.508 e. The van der Waals surface area contributed by atoms with Gasteiger partial charge in [0, 0.05) is 0 Å². The molecule has 5 aromatic rings. The molecule has 0 amide bonds. The molecule has 0 spiro atoms. The molecule has 5 aromatic carbocycles. The van der Waals surface area contributed by atoms with Crippen LogP contribution in [0.3, 0.4) is 0 Å². The van der Waals surface area contributed by atoms with Gasteiger partial charge in [-0.1, -0.05) is 60.7 Å². The predicted octanol–water partition coefficient (Wildman–Crippen LogP) is 7.97. The van der Waals surface area contributed by atoms with Crippen molar-refractivity contribution in [2.75, 3.05) is 0 Å². The van der Waals surface area contributed by atoms with Gasteiger partial charge in [-0.05, 0) is 106 Å². The minimum atomic E-state index is -5.84. The average Bonchev–Trinajstić information content (AvgIpc) is 2.85. The molecule has 0 unspecified atom stereocenters. The Balaban J connectivity index is 0.000000368. The van der Waals surface area contributed by atoms with Crippen molar-refractivity contribution in [3.63, 3.8) is 0 Å². The summed E-state index contributed by atoms with van der Waals surface area (Å²) in [5, 5.41) is 14.8. The van der Waals surface area contributed by atoms with E-state index < -0.39 is 15.6 Å². The summed E-state index contributed by atoms with van der Waals surface area (Å²) < 4.78 is 57.5. The van der Waals surface area contributed by atoms with Gasteiger partial charge < -0.3 is 5.11 Å². The molecule has 196 valence electrons. The summed E-state index contributed by atoms with van der Waals surface area (Å²) in [6, 6.07) is 31.7. The first kappa shape index (κ1) is 27.2. The monoisotopic (exact) mass is 538 g/mol. The van der Waals surface area contributed by atoms with Gasteiger partial charge in [-0.2, -0.15) is 21.6 Å². The van der Waals surface area contributed by atoms with E-state index in [0.717, 1.165) is 12.0 Å². The van der Waals surface area contributed by atoms with Crippen molar-refractivity contribution >= 4 is 31.7 Å². The quantitative estimate of drug-likeness (QED) is 0.139. The molecular weight excluding hydrogens is 513 g/mol. The van der Waals surface area contributed by atoms with Gasteiger partial charge in [0.1, 0.15) is 5.75 Å². The summed E-state index contributed by atoms with van der Waals surface area (Å²) >= 11 is 0. The topological polar surface area (TPSA) is 74.6 Å². The largest absolute Gasteiger partial charge is 0.522 e. The molecule has 4 nitrogen and oxygen atoms in total. The zero-order valence-electron chi connectivity index (χ0n) is 20.6. The molecular formula is C30H25F3O4S. The van der Waals surface area contributed by atoms with Crippen LogP contribution in [-0.4, -0.2) is 23.6 Å². The summed E-state index contributed by atoms with van der Waals surface area (Å²) in [6.45, 7) is 4.41. The minimum absolute atomic E-state index is 0.295. The Morgan fingerprint density at radius 3 is 1.89 bits per heavy atom. The molecule has 0 bridgehead atoms. The van der Waals surface area contributed by atoms with Crippen molar-refractivity contribution in [1.82, 2.24) is 0 Å². The molecule has 0 fully saturated rings. The van der Waals surface area contributed by atoms with Crippen LogP contribution < -0.4 is 0 Å². The van der Waals surface area contributed by atoms with Gasteiger partial charge in [0.05, 0.1) is 0 Å². The normalized spacial score (nSPS) is 11.8. The number of halogens is 3. The van der Waals surface area contributed by atoms with Crippen molar-refractivity contribution in [2.24, 2.45) is 0 Å². The zero-order chi connectivity index (χ0) is 27.7. The number of aromatic hydroxyl groups is 1. The maximum Gasteiger partial charge on any atom is 0.522 e. The third-order valence-corrected chi connectivity index (χ3v) is 7.08. The van der Waals surface area contributed by atoms with Crippen LogP contribution in [0.15, 0.2) is 91.0 Å². The van der Waals surface area contributed by atoms with E-state index in [2.05, 4.69) is 80.6 Å². The fourth-order valence-corrected chi connectivity index (χ4v) is 4.43. The van der Waals surface area contributed by atoms with E-state index >= 15 is 0 Å². The number of alkyl halides is 3. The van der Waals surface area contributed by atoms with Gasteiger partial charge in [0.2, 0.25) is 0 Å². The number of phenolic OH excluding ortho intramolecular Hbond substituents is 1. The van der Waals surface area contributed by atoms with Gasteiger partial charge >= 0.3 is 15.6 Å². The van der Waals surface area contributed by atoms with Crippen LogP contribution in [0.4, 0.5) is 13.2 Å². The second-order valence-corrected chi connectivity index (χ2v) is 10.4. The Bertz CT molecular complexity index is 1730. The van der Waals surface area contributed by atoms with Gasteiger partial charge in [0.15, 0.2) is 0 Å². The van der Waals surface area contributed by atoms with Crippen molar-refractivity contribution < 1.29 is 31.2 Å².